The molecule has 0 fully saturated rings. The summed E-state index contributed by atoms with van der Waals surface area (Å²) < 4.78 is 7.83. The zero-order valence-corrected chi connectivity index (χ0v) is 17.4. The van der Waals surface area contributed by atoms with Crippen LogP contribution in [0.5, 0.6) is 0 Å². The van der Waals surface area contributed by atoms with E-state index in [0.29, 0.717) is 0 Å². The molecule has 0 heterocycles. The molecule has 0 N–H and O–H groups in total. The number of nitrogens with zero attached hydrogens (tertiary/aromatic N) is 1. The van der Waals surface area contributed by atoms with Crippen molar-refractivity contribution in [2.45, 2.75) is 45.3 Å². The molecule has 5 heteroatoms. The molecule has 0 aromatic heterocycles. The molecule has 0 aliphatic heterocycles. The maximum atomic E-state index is 12.7. The normalized spacial score (nSPS) is 17.4. The standard InChI is InChI=1S/C17H24BrINO2/c1-17(2,3)22-16(21)20(10-9-19-4)15-8-6-12-5-7-13(18)11-14(12)15/h5,7,11,15H,6,8-10H2,1-4H3/q-1/t15-/m1/s1. The van der Waals surface area contributed by atoms with Crippen LogP contribution in [-0.2, 0) is 11.2 Å². The summed E-state index contributed by atoms with van der Waals surface area (Å²) in [4.78, 5) is 16.9. The van der Waals surface area contributed by atoms with Crippen molar-refractivity contribution in [1.82, 2.24) is 4.90 Å². The van der Waals surface area contributed by atoms with Crippen LogP contribution in [0, 0.1) is 0 Å². The predicted octanol–water partition coefficient (Wildman–Crippen LogP) is 1.39. The molecule has 2 rings (SSSR count). The first-order valence-corrected chi connectivity index (χ1v) is 12.0. The summed E-state index contributed by atoms with van der Waals surface area (Å²) in [6, 6.07) is 6.55. The number of aryl methyl sites for hydroxylation is 1. The van der Waals surface area contributed by atoms with E-state index in [9.17, 15) is 4.79 Å². The van der Waals surface area contributed by atoms with Crippen LogP contribution in [0.4, 0.5) is 4.79 Å². The van der Waals surface area contributed by atoms with Crippen molar-refractivity contribution in [2.24, 2.45) is 0 Å². The Morgan fingerprint density at radius 2 is 2.18 bits per heavy atom. The molecule has 0 saturated heterocycles. The monoisotopic (exact) mass is 480 g/mol. The number of hydrogen-bond acceptors (Lipinski definition) is 2. The summed E-state index contributed by atoms with van der Waals surface area (Å²) in [5.41, 5.74) is 2.18. The van der Waals surface area contributed by atoms with E-state index in [1.165, 1.54) is 11.1 Å². The molecule has 0 spiro atoms. The third-order valence-corrected chi connectivity index (χ3v) is 5.73. The number of benzene rings is 1. The Balaban J connectivity index is 2.24. The molecular weight excluding hydrogens is 457 g/mol. The van der Waals surface area contributed by atoms with Gasteiger partial charge in [-0.2, -0.15) is 0 Å². The van der Waals surface area contributed by atoms with E-state index in [-0.39, 0.29) is 33.3 Å². The van der Waals surface area contributed by atoms with E-state index in [4.69, 9.17) is 4.74 Å². The molecule has 3 nitrogen and oxygen atoms in total. The van der Waals surface area contributed by atoms with Gasteiger partial charge in [-0.3, -0.25) is 0 Å². The molecule has 1 aromatic carbocycles. The molecule has 1 amide bonds. The average Bonchev–Trinajstić information content (AvgIpc) is 2.80. The van der Waals surface area contributed by atoms with Crippen molar-refractivity contribution in [3.63, 3.8) is 0 Å². The van der Waals surface area contributed by atoms with Crippen molar-refractivity contribution in [2.75, 3.05) is 15.9 Å². The van der Waals surface area contributed by atoms with Crippen LogP contribution >= 0.6 is 15.9 Å². The van der Waals surface area contributed by atoms with Crippen LogP contribution in [0.15, 0.2) is 22.7 Å². The van der Waals surface area contributed by atoms with Gasteiger partial charge >= 0.3 is 153 Å². The fourth-order valence-corrected chi connectivity index (χ4v) is 4.13. The second kappa shape index (κ2) is 7.51. The van der Waals surface area contributed by atoms with Crippen LogP contribution in [0.3, 0.4) is 0 Å². The van der Waals surface area contributed by atoms with Crippen LogP contribution in [-0.4, -0.2) is 32.5 Å². The van der Waals surface area contributed by atoms with Gasteiger partial charge in [0.25, 0.3) is 0 Å². The molecule has 0 bridgehead atoms. The zero-order chi connectivity index (χ0) is 16.3. The third kappa shape index (κ3) is 4.60. The first kappa shape index (κ1) is 18.0. The molecule has 1 aliphatic carbocycles. The van der Waals surface area contributed by atoms with Crippen molar-refractivity contribution in [3.8, 4) is 0 Å². The van der Waals surface area contributed by atoms with Crippen molar-refractivity contribution >= 4 is 22.0 Å². The summed E-state index contributed by atoms with van der Waals surface area (Å²) in [6.07, 6.45) is 1.85. The molecule has 1 aliphatic rings. The molecule has 124 valence electrons. The van der Waals surface area contributed by atoms with Gasteiger partial charge in [-0.15, -0.1) is 0 Å². The summed E-state index contributed by atoms with van der Waals surface area (Å²) in [5, 5.41) is 0. The molecular formula is C17H24BrINO2-. The topological polar surface area (TPSA) is 29.5 Å². The SMILES string of the molecule is C[I-]CCN(C(=O)OC(C)(C)C)[C@@H]1CCc2ccc(Br)cc21. The molecule has 1 atom stereocenters. The number of halogens is 2. The van der Waals surface area contributed by atoms with Gasteiger partial charge in [0.1, 0.15) is 0 Å². The van der Waals surface area contributed by atoms with Crippen LogP contribution in [0.2, 0.25) is 0 Å². The maximum absolute atomic E-state index is 12.7. The Morgan fingerprint density at radius 3 is 2.82 bits per heavy atom. The van der Waals surface area contributed by atoms with Gasteiger partial charge in [0.15, 0.2) is 0 Å². The Kier molecular flexibility index (Phi) is 6.16. The minimum absolute atomic E-state index is 0.151. The zero-order valence-electron chi connectivity index (χ0n) is 13.7. The predicted molar refractivity (Wildman–Crippen MR) is 88.9 cm³/mol. The van der Waals surface area contributed by atoms with E-state index < -0.39 is 5.60 Å². The number of ether oxygens (including phenoxy) is 1. The van der Waals surface area contributed by atoms with Crippen LogP contribution in [0.1, 0.15) is 44.4 Å². The van der Waals surface area contributed by atoms with Gasteiger partial charge in [-0.1, -0.05) is 0 Å². The second-order valence-corrected chi connectivity index (χ2v) is 10.0. The van der Waals surface area contributed by atoms with E-state index in [2.05, 4.69) is 39.1 Å². The quantitative estimate of drug-likeness (QED) is 0.481. The first-order chi connectivity index (χ1) is 10.3. The van der Waals surface area contributed by atoms with Gasteiger partial charge in [-0.05, 0) is 0 Å². The molecule has 0 radical (unpaired) electrons. The van der Waals surface area contributed by atoms with Crippen LogP contribution in [0.25, 0.3) is 0 Å². The summed E-state index contributed by atoms with van der Waals surface area (Å²) in [6.45, 7) is 6.58. The molecule has 0 saturated carbocycles. The van der Waals surface area contributed by atoms with Gasteiger partial charge < -0.3 is 0 Å². The van der Waals surface area contributed by atoms with Crippen LogP contribution < -0.4 is 21.2 Å². The van der Waals surface area contributed by atoms with Gasteiger partial charge in [0.05, 0.1) is 0 Å². The summed E-state index contributed by atoms with van der Waals surface area (Å²) in [7, 11) is 0. The van der Waals surface area contributed by atoms with E-state index in [0.717, 1.165) is 28.3 Å². The summed E-state index contributed by atoms with van der Waals surface area (Å²) in [5.74, 6) is 0. The minimum atomic E-state index is -0.449. The van der Waals surface area contributed by atoms with E-state index in [1.54, 1.807) is 0 Å². The van der Waals surface area contributed by atoms with Gasteiger partial charge in [-0.25, -0.2) is 0 Å². The number of carbonyl (C=O) groups excluding carboxylic acids is 1. The Hall–Kier alpha value is -0.300. The Morgan fingerprint density at radius 1 is 1.45 bits per heavy atom. The number of fused-ring (bicyclic) bond motifs is 1. The van der Waals surface area contributed by atoms with Crippen molar-refractivity contribution in [1.29, 1.82) is 0 Å². The number of alkyl halides is 2. The first-order valence-electron chi connectivity index (χ1n) is 7.53. The third-order valence-electron chi connectivity index (χ3n) is 3.67. The molecule has 0 unspecified atom stereocenters. The Bertz CT molecular complexity index is 542. The second-order valence-electron chi connectivity index (χ2n) is 6.53. The van der Waals surface area contributed by atoms with E-state index >= 15 is 0 Å². The van der Waals surface area contributed by atoms with Gasteiger partial charge in [0, 0.05) is 0 Å². The number of amides is 1. The average molecular weight is 481 g/mol. The number of carbonyl (C=O) groups is 1. The molecule has 22 heavy (non-hydrogen) atoms. The number of hydrogen-bond donors (Lipinski definition) is 0. The fraction of sp³-hybridized carbons (Fsp3) is 0.588. The summed E-state index contributed by atoms with van der Waals surface area (Å²) >= 11 is 3.72. The van der Waals surface area contributed by atoms with Crippen molar-refractivity contribution < 1.29 is 30.7 Å². The Labute approximate surface area is 152 Å². The number of rotatable bonds is 4. The van der Waals surface area contributed by atoms with E-state index in [1.807, 2.05) is 25.7 Å². The van der Waals surface area contributed by atoms with Gasteiger partial charge in [0.2, 0.25) is 0 Å². The van der Waals surface area contributed by atoms with Crippen molar-refractivity contribution in [3.05, 3.63) is 33.8 Å². The fourth-order valence-electron chi connectivity index (χ4n) is 2.75. The molecule has 1 aromatic rings.